The topological polar surface area (TPSA) is 77.2 Å². The minimum absolute atomic E-state index is 0.133. The second-order valence-corrected chi connectivity index (χ2v) is 7.24. The van der Waals surface area contributed by atoms with Gasteiger partial charge in [0.1, 0.15) is 0 Å². The maximum atomic E-state index is 13.0. The Hall–Kier alpha value is -2.09. The predicted molar refractivity (Wildman–Crippen MR) is 85.5 cm³/mol. The van der Waals surface area contributed by atoms with Crippen molar-refractivity contribution in [2.24, 2.45) is 11.8 Å². The smallest absolute Gasteiger partial charge is 0.225 e. The number of ether oxygens (including phenoxy) is 1. The van der Waals surface area contributed by atoms with E-state index >= 15 is 0 Å². The number of aromatic nitrogens is 4. The highest BCUT2D eigenvalue weighted by atomic mass is 19.1. The second-order valence-electron chi connectivity index (χ2n) is 7.24. The average Bonchev–Trinajstić information content (AvgIpc) is 3.26. The normalized spacial score (nSPS) is 29.0. The van der Waals surface area contributed by atoms with Crippen molar-refractivity contribution >= 4 is 5.95 Å². The number of fused-ring (bicyclic) bond motifs is 1. The molecule has 2 saturated heterocycles. The fourth-order valence-electron chi connectivity index (χ4n) is 3.96. The summed E-state index contributed by atoms with van der Waals surface area (Å²) in [4.78, 5) is 10.3. The molecule has 25 heavy (non-hydrogen) atoms. The highest BCUT2D eigenvalue weighted by molar-refractivity contribution is 5.30. The van der Waals surface area contributed by atoms with Crippen LogP contribution >= 0.6 is 0 Å². The molecule has 1 saturated carbocycles. The number of anilines is 1. The van der Waals surface area contributed by atoms with Gasteiger partial charge in [0.15, 0.2) is 5.82 Å². The molecule has 0 bridgehead atoms. The van der Waals surface area contributed by atoms with E-state index in [1.807, 2.05) is 0 Å². The van der Waals surface area contributed by atoms with Crippen LogP contribution in [0.1, 0.15) is 37.0 Å². The second kappa shape index (κ2) is 6.01. The van der Waals surface area contributed by atoms with E-state index in [0.29, 0.717) is 36.0 Å². The van der Waals surface area contributed by atoms with Gasteiger partial charge in [-0.2, -0.15) is 0 Å². The molecule has 5 rings (SSSR count). The van der Waals surface area contributed by atoms with E-state index in [-0.39, 0.29) is 6.10 Å². The molecule has 4 heterocycles. The van der Waals surface area contributed by atoms with Gasteiger partial charge in [-0.15, -0.1) is 10.2 Å². The van der Waals surface area contributed by atoms with Crippen LogP contribution < -0.4 is 4.90 Å². The summed E-state index contributed by atoms with van der Waals surface area (Å²) in [5, 5.41) is 8.34. The first-order valence-corrected chi connectivity index (χ1v) is 8.92. The van der Waals surface area contributed by atoms with Gasteiger partial charge in [-0.05, 0) is 25.2 Å². The third kappa shape index (κ3) is 2.99. The number of hydrogen-bond acceptors (Lipinski definition) is 7. The average molecular weight is 345 g/mol. The van der Waals surface area contributed by atoms with E-state index in [1.54, 1.807) is 0 Å². The van der Waals surface area contributed by atoms with E-state index in [9.17, 15) is 4.39 Å². The zero-order valence-corrected chi connectivity index (χ0v) is 13.8. The highest BCUT2D eigenvalue weighted by Gasteiger charge is 2.42. The Bertz CT molecular complexity index is 748. The van der Waals surface area contributed by atoms with Crippen LogP contribution in [0.25, 0.3) is 0 Å². The Kier molecular flexibility index (Phi) is 3.65. The maximum absolute atomic E-state index is 13.0. The van der Waals surface area contributed by atoms with Crippen molar-refractivity contribution in [3.8, 4) is 0 Å². The summed E-state index contributed by atoms with van der Waals surface area (Å²) in [6.45, 7) is 2.41. The van der Waals surface area contributed by atoms with Crippen LogP contribution in [0.2, 0.25) is 0 Å². The summed E-state index contributed by atoms with van der Waals surface area (Å²) in [5.74, 6) is 3.05. The lowest BCUT2D eigenvalue weighted by molar-refractivity contribution is 0.0837. The van der Waals surface area contributed by atoms with Gasteiger partial charge in [-0.3, -0.25) is 0 Å². The fraction of sp³-hybridized carbons (Fsp3) is 0.647. The number of halogens is 1. The molecule has 0 radical (unpaired) electrons. The largest absolute Gasteiger partial charge is 0.425 e. The zero-order chi connectivity index (χ0) is 16.8. The van der Waals surface area contributed by atoms with Crippen LogP contribution in [0.3, 0.4) is 0 Å². The lowest BCUT2D eigenvalue weighted by atomic mass is 9.83. The zero-order valence-electron chi connectivity index (χ0n) is 13.8. The quantitative estimate of drug-likeness (QED) is 0.838. The Balaban J connectivity index is 1.23. The molecule has 2 aromatic heterocycles. The van der Waals surface area contributed by atoms with Gasteiger partial charge in [-0.1, -0.05) is 0 Å². The van der Waals surface area contributed by atoms with Crippen LogP contribution in [-0.2, 0) is 11.2 Å². The molecule has 0 N–H and O–H groups in total. The van der Waals surface area contributed by atoms with E-state index in [2.05, 4.69) is 25.1 Å². The summed E-state index contributed by atoms with van der Waals surface area (Å²) in [6, 6.07) is 0. The maximum Gasteiger partial charge on any atom is 0.225 e. The van der Waals surface area contributed by atoms with Gasteiger partial charge in [0.2, 0.25) is 17.7 Å². The molecular formula is C17H20FN5O2. The first-order chi connectivity index (χ1) is 12.3. The van der Waals surface area contributed by atoms with Crippen LogP contribution in [0.5, 0.6) is 0 Å². The standard InChI is InChI=1S/C17H20FN5O2/c18-12-6-19-17(20-7-12)23-4-3-13-11(8-23)9-24-14(13)5-15-21-22-16(25-15)10-1-2-10/h6-7,10-11,13-14H,1-5,8-9H2/t11-,13-,14+/m1/s1. The monoisotopic (exact) mass is 345 g/mol. The first kappa shape index (κ1) is 15.2. The summed E-state index contributed by atoms with van der Waals surface area (Å²) in [5.41, 5.74) is 0. The molecule has 2 aliphatic heterocycles. The van der Waals surface area contributed by atoms with Crippen LogP contribution in [0, 0.1) is 17.7 Å². The molecule has 3 aliphatic rings. The molecular weight excluding hydrogens is 325 g/mol. The molecule has 8 heteroatoms. The van der Waals surface area contributed by atoms with Crippen LogP contribution in [0.15, 0.2) is 16.8 Å². The van der Waals surface area contributed by atoms with Gasteiger partial charge in [-0.25, -0.2) is 14.4 Å². The molecule has 0 unspecified atom stereocenters. The number of rotatable bonds is 4. The molecule has 3 atom stereocenters. The number of nitrogens with zero attached hydrogens (tertiary/aromatic N) is 5. The van der Waals surface area contributed by atoms with Gasteiger partial charge in [0.05, 0.1) is 31.5 Å². The van der Waals surface area contributed by atoms with Crippen molar-refractivity contribution < 1.29 is 13.5 Å². The molecule has 7 nitrogen and oxygen atoms in total. The molecule has 0 amide bonds. The van der Waals surface area contributed by atoms with Crippen molar-refractivity contribution in [2.75, 3.05) is 24.6 Å². The van der Waals surface area contributed by atoms with Crippen molar-refractivity contribution in [3.05, 3.63) is 30.0 Å². The van der Waals surface area contributed by atoms with E-state index in [4.69, 9.17) is 9.15 Å². The molecule has 2 aromatic rings. The van der Waals surface area contributed by atoms with Gasteiger partial charge < -0.3 is 14.1 Å². The third-order valence-corrected chi connectivity index (χ3v) is 5.47. The molecule has 0 spiro atoms. The summed E-state index contributed by atoms with van der Waals surface area (Å²) < 4.78 is 24.8. The van der Waals surface area contributed by atoms with E-state index in [1.165, 1.54) is 12.4 Å². The number of piperidine rings is 1. The summed E-state index contributed by atoms with van der Waals surface area (Å²) >= 11 is 0. The lowest BCUT2D eigenvalue weighted by Gasteiger charge is -2.35. The Morgan fingerprint density at radius 3 is 2.80 bits per heavy atom. The first-order valence-electron chi connectivity index (χ1n) is 8.92. The fourth-order valence-corrected chi connectivity index (χ4v) is 3.96. The summed E-state index contributed by atoms with van der Waals surface area (Å²) in [6.07, 6.45) is 6.58. The van der Waals surface area contributed by atoms with Gasteiger partial charge in [0, 0.05) is 24.9 Å². The Labute approximate surface area is 144 Å². The Morgan fingerprint density at radius 1 is 1.16 bits per heavy atom. The minimum Gasteiger partial charge on any atom is -0.425 e. The third-order valence-electron chi connectivity index (χ3n) is 5.47. The molecule has 1 aliphatic carbocycles. The van der Waals surface area contributed by atoms with Crippen molar-refractivity contribution in [2.45, 2.75) is 37.7 Å². The number of hydrogen-bond donors (Lipinski definition) is 0. The summed E-state index contributed by atoms with van der Waals surface area (Å²) in [7, 11) is 0. The van der Waals surface area contributed by atoms with Crippen molar-refractivity contribution in [3.63, 3.8) is 0 Å². The molecule has 3 fully saturated rings. The van der Waals surface area contributed by atoms with Crippen molar-refractivity contribution in [1.29, 1.82) is 0 Å². The molecule has 0 aromatic carbocycles. The minimum atomic E-state index is -0.409. The SMILES string of the molecule is Fc1cnc(N2CC[C@@H]3[C@@H](CO[C@H]3Cc3nnc(C4CC4)o3)C2)nc1. The van der Waals surface area contributed by atoms with Crippen LogP contribution in [-0.4, -0.2) is 46.0 Å². The van der Waals surface area contributed by atoms with Gasteiger partial charge in [0.25, 0.3) is 0 Å². The van der Waals surface area contributed by atoms with Crippen LogP contribution in [0.4, 0.5) is 10.3 Å². The lowest BCUT2D eigenvalue weighted by Crippen LogP contribution is -2.42. The Morgan fingerprint density at radius 2 is 2.00 bits per heavy atom. The van der Waals surface area contributed by atoms with Gasteiger partial charge >= 0.3 is 0 Å². The molecule has 132 valence electrons. The van der Waals surface area contributed by atoms with Crippen molar-refractivity contribution in [1.82, 2.24) is 20.2 Å². The van der Waals surface area contributed by atoms with E-state index in [0.717, 1.165) is 44.8 Å². The highest BCUT2D eigenvalue weighted by Crippen LogP contribution is 2.40. The van der Waals surface area contributed by atoms with E-state index < -0.39 is 5.82 Å². The predicted octanol–water partition coefficient (Wildman–Crippen LogP) is 1.96.